The molecule has 0 spiro atoms. The Morgan fingerprint density at radius 3 is 2.62 bits per heavy atom. The molecule has 0 radical (unpaired) electrons. The minimum absolute atomic E-state index is 0.187. The van der Waals surface area contributed by atoms with Gasteiger partial charge in [0.2, 0.25) is 0 Å². The molecule has 7 heteroatoms. The fraction of sp³-hybridized carbons (Fsp3) is 0.227. The molecule has 0 saturated carbocycles. The first-order valence-electron chi connectivity index (χ1n) is 9.74. The van der Waals surface area contributed by atoms with Gasteiger partial charge in [-0.1, -0.05) is 18.2 Å². The fourth-order valence-corrected chi connectivity index (χ4v) is 4.53. The van der Waals surface area contributed by atoms with Crippen LogP contribution in [0.3, 0.4) is 0 Å². The van der Waals surface area contributed by atoms with Crippen molar-refractivity contribution in [2.24, 2.45) is 4.99 Å². The number of hydrogen-bond acceptors (Lipinski definition) is 5. The predicted octanol–water partition coefficient (Wildman–Crippen LogP) is 4.59. The molecule has 2 aliphatic rings. The summed E-state index contributed by atoms with van der Waals surface area (Å²) in [6.45, 7) is 1.94. The Morgan fingerprint density at radius 1 is 1.03 bits per heavy atom. The molecule has 2 aliphatic heterocycles. The first-order valence-corrected chi connectivity index (χ1v) is 10.6. The van der Waals surface area contributed by atoms with E-state index in [1.165, 1.54) is 18.2 Å². The lowest BCUT2D eigenvalue weighted by Crippen LogP contribution is -2.33. The van der Waals surface area contributed by atoms with E-state index in [2.05, 4.69) is 9.89 Å². The minimum atomic E-state index is -0.187. The molecule has 1 aromatic carbocycles. The molecule has 0 atom stereocenters. The maximum absolute atomic E-state index is 12.6. The largest absolute Gasteiger partial charge is 0.463 e. The molecular formula is C22H20N4O2S. The number of carbonyl (C=O) groups is 1. The molecule has 0 bridgehead atoms. The van der Waals surface area contributed by atoms with Crippen LogP contribution < -0.4 is 0 Å². The normalized spacial score (nSPS) is 18.5. The number of aromatic nitrogens is 2. The van der Waals surface area contributed by atoms with E-state index in [0.29, 0.717) is 16.4 Å². The van der Waals surface area contributed by atoms with Crippen molar-refractivity contribution in [3.63, 3.8) is 0 Å². The van der Waals surface area contributed by atoms with Crippen molar-refractivity contribution in [3.8, 4) is 17.1 Å². The lowest BCUT2D eigenvalue weighted by Gasteiger charge is -2.27. The van der Waals surface area contributed by atoms with Gasteiger partial charge in [0.25, 0.3) is 5.91 Å². The minimum Gasteiger partial charge on any atom is -0.463 e. The Hall–Kier alpha value is -3.06. The maximum Gasteiger partial charge on any atom is 0.286 e. The van der Waals surface area contributed by atoms with Crippen molar-refractivity contribution in [2.45, 2.75) is 19.3 Å². The van der Waals surface area contributed by atoms with E-state index in [4.69, 9.17) is 9.52 Å². The van der Waals surface area contributed by atoms with Gasteiger partial charge in [-0.25, -0.2) is 4.68 Å². The summed E-state index contributed by atoms with van der Waals surface area (Å²) in [6, 6.07) is 13.6. The molecule has 146 valence electrons. The summed E-state index contributed by atoms with van der Waals surface area (Å²) in [5.74, 6) is 0.479. The van der Waals surface area contributed by atoms with Crippen LogP contribution in [-0.4, -0.2) is 38.8 Å². The van der Waals surface area contributed by atoms with Crippen molar-refractivity contribution in [1.82, 2.24) is 14.7 Å². The van der Waals surface area contributed by atoms with E-state index in [0.717, 1.165) is 42.3 Å². The topological polar surface area (TPSA) is 63.6 Å². The third kappa shape index (κ3) is 3.65. The number of para-hydroxylation sites is 1. The highest BCUT2D eigenvalue weighted by Gasteiger charge is 2.27. The molecule has 29 heavy (non-hydrogen) atoms. The van der Waals surface area contributed by atoms with Crippen molar-refractivity contribution in [3.05, 3.63) is 65.4 Å². The summed E-state index contributed by atoms with van der Waals surface area (Å²) in [5, 5.41) is 5.52. The zero-order valence-corrected chi connectivity index (χ0v) is 16.6. The predicted molar refractivity (Wildman–Crippen MR) is 115 cm³/mol. The highest BCUT2D eigenvalue weighted by Crippen LogP contribution is 2.34. The third-order valence-electron chi connectivity index (χ3n) is 5.04. The van der Waals surface area contributed by atoms with E-state index < -0.39 is 0 Å². The van der Waals surface area contributed by atoms with Gasteiger partial charge in [0.1, 0.15) is 5.69 Å². The fourth-order valence-electron chi connectivity index (χ4n) is 3.57. The number of amides is 1. The van der Waals surface area contributed by atoms with Crippen molar-refractivity contribution in [1.29, 1.82) is 0 Å². The Bertz CT molecular complexity index is 1080. The number of thioether (sulfide) groups is 1. The standard InChI is InChI=1S/C22H20N4O2S/c27-21-19(29-22(23-21)25-11-5-2-6-12-25)14-16-15-26(17-8-3-1-4-9-17)24-20(16)18-10-7-13-28-18/h1,3-4,7-10,13-15H,2,5-6,11-12H2/b19-14-. The zero-order valence-electron chi connectivity index (χ0n) is 15.8. The van der Waals surface area contributed by atoms with Gasteiger partial charge in [0, 0.05) is 24.8 Å². The van der Waals surface area contributed by atoms with Gasteiger partial charge >= 0.3 is 0 Å². The van der Waals surface area contributed by atoms with Crippen LogP contribution >= 0.6 is 11.8 Å². The lowest BCUT2D eigenvalue weighted by atomic mass is 10.1. The van der Waals surface area contributed by atoms with Gasteiger partial charge in [-0.05, 0) is 61.4 Å². The molecular weight excluding hydrogens is 384 g/mol. The number of furan rings is 1. The summed E-state index contributed by atoms with van der Waals surface area (Å²) in [7, 11) is 0. The summed E-state index contributed by atoms with van der Waals surface area (Å²) in [6.07, 6.45) is 8.97. The van der Waals surface area contributed by atoms with Crippen LogP contribution in [0, 0.1) is 0 Å². The molecule has 0 unspecified atom stereocenters. The summed E-state index contributed by atoms with van der Waals surface area (Å²) >= 11 is 1.45. The van der Waals surface area contributed by atoms with Gasteiger partial charge in [0.15, 0.2) is 10.9 Å². The molecule has 6 nitrogen and oxygen atoms in total. The highest BCUT2D eigenvalue weighted by molar-refractivity contribution is 8.18. The van der Waals surface area contributed by atoms with E-state index >= 15 is 0 Å². The van der Waals surface area contributed by atoms with Crippen LogP contribution in [0.1, 0.15) is 24.8 Å². The molecule has 0 aliphatic carbocycles. The summed E-state index contributed by atoms with van der Waals surface area (Å²) in [4.78, 5) is 19.7. The van der Waals surface area contributed by atoms with Crippen molar-refractivity contribution < 1.29 is 9.21 Å². The van der Waals surface area contributed by atoms with Crippen LogP contribution in [0.15, 0.2) is 69.2 Å². The average molecular weight is 404 g/mol. The van der Waals surface area contributed by atoms with E-state index in [1.54, 1.807) is 10.9 Å². The first-order chi connectivity index (χ1) is 14.3. The number of likely N-dealkylation sites (tertiary alicyclic amines) is 1. The molecule has 4 heterocycles. The number of benzene rings is 1. The zero-order chi connectivity index (χ0) is 19.6. The highest BCUT2D eigenvalue weighted by atomic mass is 32.2. The first kappa shape index (κ1) is 18.0. The van der Waals surface area contributed by atoms with Gasteiger partial charge in [0.05, 0.1) is 16.9 Å². The molecule has 3 aromatic rings. The van der Waals surface area contributed by atoms with Gasteiger partial charge < -0.3 is 9.32 Å². The molecule has 1 fully saturated rings. The van der Waals surface area contributed by atoms with Crippen molar-refractivity contribution in [2.75, 3.05) is 13.1 Å². The number of aliphatic imine (C=N–C) groups is 1. The van der Waals surface area contributed by atoms with Crippen LogP contribution in [0.4, 0.5) is 0 Å². The van der Waals surface area contributed by atoms with Gasteiger partial charge in [-0.3, -0.25) is 4.79 Å². The molecule has 5 rings (SSSR count). The second-order valence-corrected chi connectivity index (χ2v) is 8.06. The monoisotopic (exact) mass is 404 g/mol. The number of nitrogens with zero attached hydrogens (tertiary/aromatic N) is 4. The van der Waals surface area contributed by atoms with E-state index in [-0.39, 0.29) is 5.91 Å². The number of piperidine rings is 1. The summed E-state index contributed by atoms with van der Waals surface area (Å²) in [5.41, 5.74) is 2.47. The third-order valence-corrected chi connectivity index (χ3v) is 6.08. The lowest BCUT2D eigenvalue weighted by molar-refractivity contribution is -0.113. The molecule has 0 N–H and O–H groups in total. The van der Waals surface area contributed by atoms with E-state index in [1.807, 2.05) is 54.7 Å². The van der Waals surface area contributed by atoms with Crippen LogP contribution in [-0.2, 0) is 4.79 Å². The maximum atomic E-state index is 12.6. The quantitative estimate of drug-likeness (QED) is 0.598. The number of carbonyl (C=O) groups excluding carboxylic acids is 1. The molecule has 2 aromatic heterocycles. The molecule has 1 amide bonds. The number of amidine groups is 1. The number of rotatable bonds is 3. The summed E-state index contributed by atoms with van der Waals surface area (Å²) < 4.78 is 7.39. The Morgan fingerprint density at radius 2 is 1.86 bits per heavy atom. The van der Waals surface area contributed by atoms with E-state index in [9.17, 15) is 4.79 Å². The second-order valence-electron chi connectivity index (χ2n) is 7.05. The van der Waals surface area contributed by atoms with Crippen LogP contribution in [0.5, 0.6) is 0 Å². The number of hydrogen-bond donors (Lipinski definition) is 0. The Labute approximate surface area is 172 Å². The van der Waals surface area contributed by atoms with Crippen molar-refractivity contribution >= 4 is 28.9 Å². The van der Waals surface area contributed by atoms with Gasteiger partial charge in [-0.15, -0.1) is 0 Å². The average Bonchev–Trinajstić information content (AvgIpc) is 3.50. The molecule has 1 saturated heterocycles. The second kappa shape index (κ2) is 7.75. The Balaban J connectivity index is 1.49. The Kier molecular flexibility index (Phi) is 4.81. The van der Waals surface area contributed by atoms with Crippen LogP contribution in [0.2, 0.25) is 0 Å². The van der Waals surface area contributed by atoms with Crippen LogP contribution in [0.25, 0.3) is 23.2 Å². The smallest absolute Gasteiger partial charge is 0.286 e. The van der Waals surface area contributed by atoms with Gasteiger partial charge in [-0.2, -0.15) is 10.1 Å². The SMILES string of the molecule is O=C1N=C(N2CCCCC2)S/C1=C\c1cn(-c2ccccc2)nc1-c1ccco1.